The maximum atomic E-state index is 13.2. The predicted octanol–water partition coefficient (Wildman–Crippen LogP) is 4.75. The van der Waals surface area contributed by atoms with Crippen molar-refractivity contribution in [2.45, 2.75) is 13.5 Å². The van der Waals surface area contributed by atoms with Crippen molar-refractivity contribution >= 4 is 56.8 Å². The van der Waals surface area contributed by atoms with Crippen molar-refractivity contribution in [2.24, 2.45) is 0 Å². The highest BCUT2D eigenvalue weighted by molar-refractivity contribution is 9.10. The topological polar surface area (TPSA) is 58.6 Å². The van der Waals surface area contributed by atoms with Crippen molar-refractivity contribution in [1.29, 1.82) is 0 Å². The summed E-state index contributed by atoms with van der Waals surface area (Å²) < 4.78 is 6.44. The van der Waals surface area contributed by atoms with Crippen molar-refractivity contribution in [3.05, 3.63) is 74.3 Å². The summed E-state index contributed by atoms with van der Waals surface area (Å²) in [6.07, 6.45) is 0. The minimum atomic E-state index is -0.260. The zero-order valence-electron chi connectivity index (χ0n) is 15.8. The Balaban J connectivity index is 1.77. The van der Waals surface area contributed by atoms with Crippen LogP contribution in [-0.2, 0) is 20.9 Å². The molecule has 2 amide bonds. The molecule has 1 aliphatic heterocycles. The van der Waals surface area contributed by atoms with E-state index in [1.165, 1.54) is 16.7 Å². The summed E-state index contributed by atoms with van der Waals surface area (Å²) >= 11 is 10.9. The standard InChI is InChI=1S/C21H20BrClN2O3S/c1-14-20(29-11-10-28-14)21(27)25(17-8-6-16(23)7-9-17)13-19(26)24-12-15-4-2-3-5-18(15)22/h2-9H,10-13H2,1H3,(H,24,26). The highest BCUT2D eigenvalue weighted by Crippen LogP contribution is 2.29. The van der Waals surface area contributed by atoms with Gasteiger partial charge in [-0.25, -0.2) is 0 Å². The van der Waals surface area contributed by atoms with Gasteiger partial charge in [0.1, 0.15) is 17.2 Å². The molecule has 5 nitrogen and oxygen atoms in total. The highest BCUT2D eigenvalue weighted by atomic mass is 79.9. The second-order valence-electron chi connectivity index (χ2n) is 6.32. The first-order chi connectivity index (χ1) is 14.0. The number of nitrogens with one attached hydrogen (secondary N) is 1. The Morgan fingerprint density at radius 2 is 1.93 bits per heavy atom. The minimum absolute atomic E-state index is 0.109. The largest absolute Gasteiger partial charge is 0.496 e. The normalized spacial score (nSPS) is 13.6. The first-order valence-corrected chi connectivity index (χ1v) is 11.2. The molecule has 152 valence electrons. The molecule has 3 rings (SSSR count). The third kappa shape index (κ3) is 5.78. The summed E-state index contributed by atoms with van der Waals surface area (Å²) in [4.78, 5) is 27.8. The van der Waals surface area contributed by atoms with Crippen LogP contribution < -0.4 is 10.2 Å². The number of amides is 2. The average molecular weight is 496 g/mol. The van der Waals surface area contributed by atoms with Gasteiger partial charge in [-0.15, -0.1) is 11.8 Å². The lowest BCUT2D eigenvalue weighted by Crippen LogP contribution is -2.41. The average Bonchev–Trinajstić information content (AvgIpc) is 2.72. The summed E-state index contributed by atoms with van der Waals surface area (Å²) in [6, 6.07) is 14.5. The number of anilines is 1. The fraction of sp³-hybridized carbons (Fsp3) is 0.238. The number of hydrogen-bond donors (Lipinski definition) is 1. The van der Waals surface area contributed by atoms with Crippen LogP contribution in [0.4, 0.5) is 5.69 Å². The number of rotatable bonds is 6. The summed E-state index contributed by atoms with van der Waals surface area (Å²) in [7, 11) is 0. The van der Waals surface area contributed by atoms with Gasteiger partial charge < -0.3 is 10.1 Å². The molecule has 0 spiro atoms. The number of carbonyl (C=O) groups excluding carboxylic acids is 2. The van der Waals surface area contributed by atoms with Crippen LogP contribution in [0.3, 0.4) is 0 Å². The number of thioether (sulfide) groups is 1. The van der Waals surface area contributed by atoms with E-state index in [9.17, 15) is 9.59 Å². The van der Waals surface area contributed by atoms with E-state index in [1.54, 1.807) is 31.2 Å². The van der Waals surface area contributed by atoms with Crippen molar-refractivity contribution < 1.29 is 14.3 Å². The second kappa shape index (κ2) is 10.2. The van der Waals surface area contributed by atoms with Gasteiger partial charge in [0, 0.05) is 27.5 Å². The van der Waals surface area contributed by atoms with Gasteiger partial charge in [0.05, 0.1) is 6.61 Å². The Kier molecular flexibility index (Phi) is 7.64. The molecular formula is C21H20BrClN2O3S. The molecule has 0 unspecified atom stereocenters. The van der Waals surface area contributed by atoms with E-state index in [0.717, 1.165) is 10.0 Å². The quantitative estimate of drug-likeness (QED) is 0.628. The van der Waals surface area contributed by atoms with Crippen LogP contribution >= 0.6 is 39.3 Å². The van der Waals surface area contributed by atoms with Crippen LogP contribution in [0.1, 0.15) is 12.5 Å². The minimum Gasteiger partial charge on any atom is -0.496 e. The van der Waals surface area contributed by atoms with Crippen LogP contribution in [0.5, 0.6) is 0 Å². The zero-order chi connectivity index (χ0) is 20.8. The van der Waals surface area contributed by atoms with Crippen molar-refractivity contribution in [1.82, 2.24) is 5.32 Å². The van der Waals surface area contributed by atoms with Gasteiger partial charge in [-0.05, 0) is 42.8 Å². The maximum absolute atomic E-state index is 13.2. The fourth-order valence-electron chi connectivity index (χ4n) is 2.78. The number of allylic oxidation sites excluding steroid dienone is 1. The lowest BCUT2D eigenvalue weighted by Gasteiger charge is -2.26. The smallest absolute Gasteiger partial charge is 0.268 e. The third-order valence-electron chi connectivity index (χ3n) is 4.28. The van der Waals surface area contributed by atoms with Gasteiger partial charge in [0.25, 0.3) is 5.91 Å². The highest BCUT2D eigenvalue weighted by Gasteiger charge is 2.27. The van der Waals surface area contributed by atoms with E-state index in [-0.39, 0.29) is 18.4 Å². The summed E-state index contributed by atoms with van der Waals surface area (Å²) in [5.74, 6) is 0.759. The molecule has 2 aromatic carbocycles. The monoisotopic (exact) mass is 494 g/mol. The first-order valence-electron chi connectivity index (χ1n) is 8.99. The molecule has 0 atom stereocenters. The number of halogens is 2. The molecule has 0 saturated heterocycles. The SMILES string of the molecule is CC1=C(C(=O)N(CC(=O)NCc2ccccc2Br)c2ccc(Cl)cc2)SCCO1. The molecule has 1 heterocycles. The van der Waals surface area contributed by atoms with E-state index in [1.807, 2.05) is 24.3 Å². The molecule has 2 aromatic rings. The molecule has 0 aromatic heterocycles. The van der Waals surface area contributed by atoms with Crippen LogP contribution in [0, 0.1) is 0 Å². The van der Waals surface area contributed by atoms with Crippen molar-refractivity contribution in [3.8, 4) is 0 Å². The second-order valence-corrected chi connectivity index (χ2v) is 8.71. The zero-order valence-corrected chi connectivity index (χ0v) is 18.9. The van der Waals surface area contributed by atoms with Gasteiger partial charge in [0.15, 0.2) is 0 Å². The van der Waals surface area contributed by atoms with Crippen molar-refractivity contribution in [2.75, 3.05) is 23.8 Å². The van der Waals surface area contributed by atoms with Crippen LogP contribution in [0.25, 0.3) is 0 Å². The Morgan fingerprint density at radius 3 is 2.62 bits per heavy atom. The first kappa shape index (κ1) is 21.7. The van der Waals surface area contributed by atoms with Gasteiger partial charge >= 0.3 is 0 Å². The van der Waals surface area contributed by atoms with E-state index in [4.69, 9.17) is 16.3 Å². The number of hydrogen-bond acceptors (Lipinski definition) is 4. The van der Waals surface area contributed by atoms with E-state index in [2.05, 4.69) is 21.2 Å². The number of carbonyl (C=O) groups is 2. The Hall–Kier alpha value is -1.96. The summed E-state index contributed by atoms with van der Waals surface area (Å²) in [6.45, 7) is 2.60. The molecule has 1 N–H and O–H groups in total. The lowest BCUT2D eigenvalue weighted by atomic mass is 10.2. The maximum Gasteiger partial charge on any atom is 0.268 e. The summed E-state index contributed by atoms with van der Waals surface area (Å²) in [5, 5.41) is 3.44. The molecular weight excluding hydrogens is 476 g/mol. The van der Waals surface area contributed by atoms with E-state index >= 15 is 0 Å². The Morgan fingerprint density at radius 1 is 1.21 bits per heavy atom. The molecule has 0 aliphatic carbocycles. The third-order valence-corrected chi connectivity index (χ3v) is 6.43. The Bertz CT molecular complexity index is 934. The molecule has 0 fully saturated rings. The van der Waals surface area contributed by atoms with Gasteiger partial charge in [-0.1, -0.05) is 45.7 Å². The molecule has 0 bridgehead atoms. The number of nitrogens with zero attached hydrogens (tertiary/aromatic N) is 1. The molecule has 0 saturated carbocycles. The van der Waals surface area contributed by atoms with E-state index in [0.29, 0.717) is 40.3 Å². The summed E-state index contributed by atoms with van der Waals surface area (Å²) in [5.41, 5.74) is 1.56. The van der Waals surface area contributed by atoms with Gasteiger partial charge in [-0.3, -0.25) is 14.5 Å². The molecule has 29 heavy (non-hydrogen) atoms. The molecule has 0 radical (unpaired) electrons. The fourth-order valence-corrected chi connectivity index (χ4v) is 4.19. The number of ether oxygens (including phenoxy) is 1. The predicted molar refractivity (Wildman–Crippen MR) is 121 cm³/mol. The van der Waals surface area contributed by atoms with E-state index < -0.39 is 0 Å². The Labute approximate surface area is 187 Å². The van der Waals surface area contributed by atoms with Gasteiger partial charge in [0.2, 0.25) is 5.91 Å². The number of benzene rings is 2. The van der Waals surface area contributed by atoms with Crippen LogP contribution in [-0.4, -0.2) is 30.7 Å². The lowest BCUT2D eigenvalue weighted by molar-refractivity contribution is -0.122. The van der Waals surface area contributed by atoms with Crippen molar-refractivity contribution in [3.63, 3.8) is 0 Å². The van der Waals surface area contributed by atoms with Crippen LogP contribution in [0.2, 0.25) is 5.02 Å². The molecule has 1 aliphatic rings. The van der Waals surface area contributed by atoms with Gasteiger partial charge in [-0.2, -0.15) is 0 Å². The van der Waals surface area contributed by atoms with Crippen LogP contribution in [0.15, 0.2) is 63.7 Å². The molecule has 8 heteroatoms.